The van der Waals surface area contributed by atoms with E-state index in [1.54, 1.807) is 0 Å². The maximum Gasteiger partial charge on any atom is 0.0868 e. The van der Waals surface area contributed by atoms with Crippen LogP contribution in [0.15, 0.2) is 48.8 Å². The number of nitrogens with one attached hydrogen (secondary N) is 1. The van der Waals surface area contributed by atoms with Gasteiger partial charge in [-0.1, -0.05) is 18.2 Å². The lowest BCUT2D eigenvalue weighted by Gasteiger charge is -2.14. The van der Waals surface area contributed by atoms with Gasteiger partial charge in [0.15, 0.2) is 0 Å². The molecule has 0 aliphatic carbocycles. The normalized spacial score (nSPS) is 20.5. The van der Waals surface area contributed by atoms with Crippen LogP contribution in [-0.4, -0.2) is 4.98 Å². The number of nitrogens with zero attached hydrogens (tertiary/aromatic N) is 1. The van der Waals surface area contributed by atoms with Crippen molar-refractivity contribution in [3.8, 4) is 0 Å². The molecule has 0 saturated heterocycles. The third-order valence-corrected chi connectivity index (χ3v) is 1.79. The molecule has 0 spiro atoms. The van der Waals surface area contributed by atoms with E-state index >= 15 is 0 Å². The van der Waals surface area contributed by atoms with E-state index in [9.17, 15) is 0 Å². The van der Waals surface area contributed by atoms with E-state index in [1.807, 2.05) is 42.7 Å². The zero-order valence-electron chi connectivity index (χ0n) is 6.64. The first-order chi connectivity index (χ1) is 5.97. The van der Waals surface area contributed by atoms with Crippen molar-refractivity contribution in [3.63, 3.8) is 0 Å². The molecule has 2 heterocycles. The zero-order valence-corrected chi connectivity index (χ0v) is 6.64. The van der Waals surface area contributed by atoms with Crippen LogP contribution >= 0.6 is 0 Å². The molecule has 1 N–H and O–H groups in total. The summed E-state index contributed by atoms with van der Waals surface area (Å²) in [7, 11) is 0. The van der Waals surface area contributed by atoms with Crippen LogP contribution in [0.2, 0.25) is 0 Å². The first-order valence-electron chi connectivity index (χ1n) is 3.97. The molecular weight excluding hydrogens is 148 g/mol. The molecule has 0 amide bonds. The second kappa shape index (κ2) is 3.22. The van der Waals surface area contributed by atoms with Gasteiger partial charge >= 0.3 is 0 Å². The Morgan fingerprint density at radius 3 is 2.92 bits per heavy atom. The molecule has 1 unspecified atom stereocenters. The molecule has 1 aromatic rings. The fraction of sp³-hybridized carbons (Fsp3) is 0.100. The summed E-state index contributed by atoms with van der Waals surface area (Å²) in [6.45, 7) is 0. The molecule has 0 bridgehead atoms. The van der Waals surface area contributed by atoms with Crippen LogP contribution in [0.4, 0.5) is 0 Å². The lowest BCUT2D eigenvalue weighted by Crippen LogP contribution is -2.15. The molecule has 0 fully saturated rings. The van der Waals surface area contributed by atoms with E-state index in [4.69, 9.17) is 0 Å². The highest BCUT2D eigenvalue weighted by molar-refractivity contribution is 5.21. The van der Waals surface area contributed by atoms with E-state index in [0.717, 1.165) is 5.69 Å². The minimum absolute atomic E-state index is 0.233. The van der Waals surface area contributed by atoms with E-state index < -0.39 is 0 Å². The Labute approximate surface area is 71.6 Å². The van der Waals surface area contributed by atoms with Crippen molar-refractivity contribution >= 4 is 0 Å². The monoisotopic (exact) mass is 158 g/mol. The van der Waals surface area contributed by atoms with E-state index in [0.29, 0.717) is 0 Å². The quantitative estimate of drug-likeness (QED) is 0.674. The predicted molar refractivity (Wildman–Crippen MR) is 48.4 cm³/mol. The van der Waals surface area contributed by atoms with Crippen molar-refractivity contribution < 1.29 is 0 Å². The third-order valence-electron chi connectivity index (χ3n) is 1.79. The fourth-order valence-corrected chi connectivity index (χ4v) is 1.19. The first-order valence-corrected chi connectivity index (χ1v) is 3.97. The molecule has 1 aromatic heterocycles. The van der Waals surface area contributed by atoms with Crippen molar-refractivity contribution in [3.05, 3.63) is 54.5 Å². The van der Waals surface area contributed by atoms with E-state index in [1.165, 1.54) is 0 Å². The number of allylic oxidation sites excluding steroid dienone is 2. The summed E-state index contributed by atoms with van der Waals surface area (Å²) in [6.07, 6.45) is 9.82. The van der Waals surface area contributed by atoms with Crippen molar-refractivity contribution in [2.24, 2.45) is 0 Å². The van der Waals surface area contributed by atoms with Gasteiger partial charge in [0.2, 0.25) is 0 Å². The number of aromatic nitrogens is 1. The van der Waals surface area contributed by atoms with Crippen LogP contribution in [0.3, 0.4) is 0 Å². The molecule has 12 heavy (non-hydrogen) atoms. The Morgan fingerprint density at radius 2 is 2.25 bits per heavy atom. The number of rotatable bonds is 1. The molecule has 0 aromatic carbocycles. The summed E-state index contributed by atoms with van der Waals surface area (Å²) >= 11 is 0. The molecule has 2 rings (SSSR count). The number of pyridine rings is 1. The number of hydrogen-bond acceptors (Lipinski definition) is 2. The van der Waals surface area contributed by atoms with Gasteiger partial charge in [-0.2, -0.15) is 0 Å². The summed E-state index contributed by atoms with van der Waals surface area (Å²) in [5.41, 5.74) is 1.05. The van der Waals surface area contributed by atoms with Gasteiger partial charge in [0.05, 0.1) is 11.7 Å². The van der Waals surface area contributed by atoms with Crippen LogP contribution < -0.4 is 5.32 Å². The fourth-order valence-electron chi connectivity index (χ4n) is 1.19. The van der Waals surface area contributed by atoms with E-state index in [-0.39, 0.29) is 6.04 Å². The lowest BCUT2D eigenvalue weighted by atomic mass is 10.1. The van der Waals surface area contributed by atoms with Gasteiger partial charge in [-0.25, -0.2) is 0 Å². The standard InChI is InChI=1S/C10H10N2/c1-3-7-11-9(5-1)10-6-2-4-8-12-10/h1-9,11H. The predicted octanol–water partition coefficient (Wildman–Crippen LogP) is 1.80. The molecule has 60 valence electrons. The van der Waals surface area contributed by atoms with Crippen LogP contribution in [-0.2, 0) is 0 Å². The van der Waals surface area contributed by atoms with Gasteiger partial charge in [0, 0.05) is 6.20 Å². The summed E-state index contributed by atoms with van der Waals surface area (Å²) in [6, 6.07) is 6.17. The maximum absolute atomic E-state index is 4.25. The molecule has 2 nitrogen and oxygen atoms in total. The molecule has 1 atom stereocenters. The molecule has 0 saturated carbocycles. The van der Waals surface area contributed by atoms with Gasteiger partial charge in [-0.15, -0.1) is 0 Å². The van der Waals surface area contributed by atoms with Crippen molar-refractivity contribution in [1.82, 2.24) is 10.3 Å². The number of hydrogen-bond donors (Lipinski definition) is 1. The molecule has 0 radical (unpaired) electrons. The highest BCUT2D eigenvalue weighted by Crippen LogP contribution is 2.12. The SMILES string of the molecule is C1=CNC(c2ccccn2)C=C1. The Balaban J connectivity index is 2.21. The Morgan fingerprint density at radius 1 is 1.25 bits per heavy atom. The molecule has 1 aliphatic heterocycles. The smallest absolute Gasteiger partial charge is 0.0868 e. The van der Waals surface area contributed by atoms with Gasteiger partial charge in [0.25, 0.3) is 0 Å². The van der Waals surface area contributed by atoms with Crippen LogP contribution in [0.1, 0.15) is 11.7 Å². The average molecular weight is 158 g/mol. The summed E-state index contributed by atoms with van der Waals surface area (Å²) in [5.74, 6) is 0. The lowest BCUT2D eigenvalue weighted by molar-refractivity contribution is 0.721. The van der Waals surface area contributed by atoms with Gasteiger partial charge in [-0.05, 0) is 24.4 Å². The highest BCUT2D eigenvalue weighted by atomic mass is 14.9. The second-order valence-electron chi connectivity index (χ2n) is 2.64. The topological polar surface area (TPSA) is 24.9 Å². The van der Waals surface area contributed by atoms with Crippen molar-refractivity contribution in [2.75, 3.05) is 0 Å². The van der Waals surface area contributed by atoms with Crippen molar-refractivity contribution in [2.45, 2.75) is 6.04 Å². The third kappa shape index (κ3) is 1.37. The van der Waals surface area contributed by atoms with Crippen molar-refractivity contribution in [1.29, 1.82) is 0 Å². The molecule has 1 aliphatic rings. The minimum atomic E-state index is 0.233. The Kier molecular flexibility index (Phi) is 1.90. The zero-order chi connectivity index (χ0) is 8.23. The largest absolute Gasteiger partial charge is 0.379 e. The van der Waals surface area contributed by atoms with Crippen LogP contribution in [0.25, 0.3) is 0 Å². The number of dihydropyridines is 1. The van der Waals surface area contributed by atoms with Crippen LogP contribution in [0.5, 0.6) is 0 Å². The summed E-state index contributed by atoms with van der Waals surface area (Å²) in [5, 5.41) is 3.21. The Bertz CT molecular complexity index is 301. The molecular formula is C10H10N2. The van der Waals surface area contributed by atoms with Gasteiger partial charge < -0.3 is 5.32 Å². The molecule has 2 heteroatoms. The average Bonchev–Trinajstić information content (AvgIpc) is 2.21. The Hall–Kier alpha value is -1.57. The van der Waals surface area contributed by atoms with Gasteiger partial charge in [0.1, 0.15) is 0 Å². The van der Waals surface area contributed by atoms with Gasteiger partial charge in [-0.3, -0.25) is 4.98 Å². The summed E-state index contributed by atoms with van der Waals surface area (Å²) < 4.78 is 0. The van der Waals surface area contributed by atoms with E-state index in [2.05, 4.69) is 16.4 Å². The highest BCUT2D eigenvalue weighted by Gasteiger charge is 2.06. The maximum atomic E-state index is 4.25. The minimum Gasteiger partial charge on any atom is -0.379 e. The first kappa shape index (κ1) is 7.10. The second-order valence-corrected chi connectivity index (χ2v) is 2.64. The van der Waals surface area contributed by atoms with Crippen LogP contribution in [0, 0.1) is 0 Å². The summed E-state index contributed by atoms with van der Waals surface area (Å²) in [4.78, 5) is 4.25.